The first kappa shape index (κ1) is 9.51. The number of rotatable bonds is 2. The molecule has 1 aliphatic carbocycles. The monoisotopic (exact) mass is 182 g/mol. The van der Waals surface area contributed by atoms with Gasteiger partial charge in [0.05, 0.1) is 12.2 Å². The molecule has 76 valence electrons. The summed E-state index contributed by atoms with van der Waals surface area (Å²) in [5.41, 5.74) is 0. The summed E-state index contributed by atoms with van der Waals surface area (Å²) in [4.78, 5) is 0. The normalized spacial score (nSPS) is 39.9. The van der Waals surface area contributed by atoms with Crippen LogP contribution in [0.5, 0.6) is 0 Å². The molecule has 2 rings (SSSR count). The lowest BCUT2D eigenvalue weighted by Crippen LogP contribution is -2.37. The maximum Gasteiger partial charge on any atom is 0.0607 e. The summed E-state index contributed by atoms with van der Waals surface area (Å²) in [6.45, 7) is 2.26. The number of ether oxygens (including phenoxy) is 1. The predicted octanol–water partition coefficient (Wildman–Crippen LogP) is 3.52. The Kier molecular flexibility index (Phi) is 3.26. The highest BCUT2D eigenvalue weighted by Gasteiger charge is 2.32. The zero-order valence-corrected chi connectivity index (χ0v) is 8.80. The standard InChI is InChI=1S/C12H22O/c1-2-5-11-9-8-10-6-3-4-7-12(10)13-11/h10-12H,2-9H2,1H3. The van der Waals surface area contributed by atoms with Gasteiger partial charge in [-0.1, -0.05) is 26.2 Å². The van der Waals surface area contributed by atoms with Crippen LogP contribution in [0.15, 0.2) is 0 Å². The Hall–Kier alpha value is -0.0400. The minimum atomic E-state index is 0.601. The molecular weight excluding hydrogens is 160 g/mol. The zero-order chi connectivity index (χ0) is 9.10. The summed E-state index contributed by atoms with van der Waals surface area (Å²) in [5.74, 6) is 0.918. The van der Waals surface area contributed by atoms with Gasteiger partial charge in [0.1, 0.15) is 0 Å². The molecule has 1 saturated carbocycles. The lowest BCUT2D eigenvalue weighted by molar-refractivity contribution is -0.101. The number of hydrogen-bond donors (Lipinski definition) is 0. The molecule has 2 aliphatic rings. The average Bonchev–Trinajstić information content (AvgIpc) is 2.18. The average molecular weight is 182 g/mol. The Morgan fingerprint density at radius 3 is 2.77 bits per heavy atom. The highest BCUT2D eigenvalue weighted by Crippen LogP contribution is 2.36. The summed E-state index contributed by atoms with van der Waals surface area (Å²) in [6.07, 6.45) is 12.2. The van der Waals surface area contributed by atoms with Crippen LogP contribution in [-0.2, 0) is 4.74 Å². The highest BCUT2D eigenvalue weighted by molar-refractivity contribution is 4.82. The van der Waals surface area contributed by atoms with Crippen molar-refractivity contribution in [2.24, 2.45) is 5.92 Å². The van der Waals surface area contributed by atoms with Gasteiger partial charge < -0.3 is 4.74 Å². The van der Waals surface area contributed by atoms with Crippen LogP contribution in [0, 0.1) is 5.92 Å². The summed E-state index contributed by atoms with van der Waals surface area (Å²) in [6, 6.07) is 0. The van der Waals surface area contributed by atoms with Gasteiger partial charge in [-0.2, -0.15) is 0 Å². The Labute approximate surface area is 81.9 Å². The number of fused-ring (bicyclic) bond motifs is 1. The summed E-state index contributed by atoms with van der Waals surface area (Å²) >= 11 is 0. The third-order valence-corrected chi connectivity index (χ3v) is 3.68. The Morgan fingerprint density at radius 1 is 1.08 bits per heavy atom. The molecule has 0 aromatic heterocycles. The maximum absolute atomic E-state index is 6.13. The Balaban J connectivity index is 1.84. The third kappa shape index (κ3) is 2.25. The second kappa shape index (κ2) is 4.45. The SMILES string of the molecule is CCCC1CCC2CCCCC2O1. The first-order valence-corrected chi connectivity index (χ1v) is 6.05. The molecule has 0 aromatic carbocycles. The van der Waals surface area contributed by atoms with Gasteiger partial charge in [0.25, 0.3) is 0 Å². The molecule has 1 aliphatic heterocycles. The summed E-state index contributed by atoms with van der Waals surface area (Å²) in [5, 5.41) is 0. The minimum Gasteiger partial charge on any atom is -0.375 e. The lowest BCUT2D eigenvalue weighted by atomic mass is 9.80. The second-order valence-electron chi connectivity index (χ2n) is 4.71. The molecule has 0 radical (unpaired) electrons. The van der Waals surface area contributed by atoms with Crippen molar-refractivity contribution in [1.82, 2.24) is 0 Å². The van der Waals surface area contributed by atoms with E-state index in [4.69, 9.17) is 4.74 Å². The van der Waals surface area contributed by atoms with Crippen molar-refractivity contribution in [2.45, 2.75) is 70.5 Å². The molecule has 1 heterocycles. The van der Waals surface area contributed by atoms with Gasteiger partial charge in [-0.25, -0.2) is 0 Å². The van der Waals surface area contributed by atoms with Crippen LogP contribution in [0.25, 0.3) is 0 Å². The van der Waals surface area contributed by atoms with Gasteiger partial charge in [0.2, 0.25) is 0 Å². The van der Waals surface area contributed by atoms with Crippen LogP contribution in [0.4, 0.5) is 0 Å². The Morgan fingerprint density at radius 2 is 1.92 bits per heavy atom. The smallest absolute Gasteiger partial charge is 0.0607 e. The fourth-order valence-corrected chi connectivity index (χ4v) is 2.93. The molecule has 1 nitrogen and oxygen atoms in total. The van der Waals surface area contributed by atoms with E-state index in [1.807, 2.05) is 0 Å². The topological polar surface area (TPSA) is 9.23 Å². The number of hydrogen-bond acceptors (Lipinski definition) is 1. The second-order valence-corrected chi connectivity index (χ2v) is 4.71. The molecule has 0 bridgehead atoms. The van der Waals surface area contributed by atoms with Crippen molar-refractivity contribution in [3.63, 3.8) is 0 Å². The van der Waals surface area contributed by atoms with Crippen molar-refractivity contribution >= 4 is 0 Å². The molecule has 1 saturated heterocycles. The van der Waals surface area contributed by atoms with Crippen molar-refractivity contribution in [2.75, 3.05) is 0 Å². The van der Waals surface area contributed by atoms with Crippen molar-refractivity contribution in [3.05, 3.63) is 0 Å². The Bertz CT molecular complexity index is 155. The van der Waals surface area contributed by atoms with Crippen molar-refractivity contribution in [1.29, 1.82) is 0 Å². The molecule has 3 unspecified atom stereocenters. The molecular formula is C12H22O. The fourth-order valence-electron chi connectivity index (χ4n) is 2.93. The lowest BCUT2D eigenvalue weighted by Gasteiger charge is -2.39. The molecule has 0 aromatic rings. The van der Waals surface area contributed by atoms with E-state index in [0.29, 0.717) is 12.2 Å². The van der Waals surface area contributed by atoms with Gasteiger partial charge in [0, 0.05) is 0 Å². The van der Waals surface area contributed by atoms with E-state index in [2.05, 4.69) is 6.92 Å². The van der Waals surface area contributed by atoms with E-state index in [9.17, 15) is 0 Å². The van der Waals surface area contributed by atoms with Crippen LogP contribution in [0.1, 0.15) is 58.3 Å². The maximum atomic E-state index is 6.13. The molecule has 2 fully saturated rings. The molecule has 0 amide bonds. The third-order valence-electron chi connectivity index (χ3n) is 3.68. The van der Waals surface area contributed by atoms with Crippen LogP contribution in [0.2, 0.25) is 0 Å². The van der Waals surface area contributed by atoms with E-state index in [1.165, 1.54) is 51.4 Å². The van der Waals surface area contributed by atoms with E-state index < -0.39 is 0 Å². The van der Waals surface area contributed by atoms with Crippen molar-refractivity contribution < 1.29 is 4.74 Å². The van der Waals surface area contributed by atoms with Crippen LogP contribution in [-0.4, -0.2) is 12.2 Å². The van der Waals surface area contributed by atoms with Gasteiger partial charge in [-0.15, -0.1) is 0 Å². The van der Waals surface area contributed by atoms with Gasteiger partial charge in [-0.05, 0) is 38.0 Å². The van der Waals surface area contributed by atoms with E-state index in [0.717, 1.165) is 5.92 Å². The first-order chi connectivity index (χ1) is 6.40. The summed E-state index contributed by atoms with van der Waals surface area (Å²) in [7, 11) is 0. The van der Waals surface area contributed by atoms with Gasteiger partial charge in [0.15, 0.2) is 0 Å². The largest absolute Gasteiger partial charge is 0.375 e. The molecule has 0 N–H and O–H groups in total. The van der Waals surface area contributed by atoms with E-state index >= 15 is 0 Å². The predicted molar refractivity (Wildman–Crippen MR) is 54.8 cm³/mol. The van der Waals surface area contributed by atoms with Crippen LogP contribution >= 0.6 is 0 Å². The first-order valence-electron chi connectivity index (χ1n) is 6.05. The highest BCUT2D eigenvalue weighted by atomic mass is 16.5. The quantitative estimate of drug-likeness (QED) is 0.635. The van der Waals surface area contributed by atoms with Gasteiger partial charge >= 0.3 is 0 Å². The molecule has 0 spiro atoms. The molecule has 3 atom stereocenters. The van der Waals surface area contributed by atoms with Gasteiger partial charge in [-0.3, -0.25) is 0 Å². The zero-order valence-electron chi connectivity index (χ0n) is 8.80. The van der Waals surface area contributed by atoms with Crippen LogP contribution in [0.3, 0.4) is 0 Å². The molecule has 1 heteroatoms. The minimum absolute atomic E-state index is 0.601. The summed E-state index contributed by atoms with van der Waals surface area (Å²) < 4.78 is 6.13. The van der Waals surface area contributed by atoms with Crippen molar-refractivity contribution in [3.8, 4) is 0 Å². The van der Waals surface area contributed by atoms with E-state index in [-0.39, 0.29) is 0 Å². The molecule has 13 heavy (non-hydrogen) atoms. The fraction of sp³-hybridized carbons (Fsp3) is 1.00. The van der Waals surface area contributed by atoms with Crippen LogP contribution < -0.4 is 0 Å². The van der Waals surface area contributed by atoms with E-state index in [1.54, 1.807) is 0 Å².